The van der Waals surface area contributed by atoms with Gasteiger partial charge < -0.3 is 9.84 Å². The molecule has 2 aromatic rings. The SMILES string of the molecule is CC(C)NCc1noc(-c2ccc(Cl)c(Br)c2)n1. The number of nitrogens with one attached hydrogen (secondary N) is 1. The molecule has 0 aliphatic heterocycles. The number of benzene rings is 1. The molecular formula is C12H13BrClN3O. The number of halogens is 2. The fourth-order valence-electron chi connectivity index (χ4n) is 1.37. The standard InChI is InChI=1S/C12H13BrClN3O/c1-7(2)15-6-11-16-12(18-17-11)8-3-4-10(14)9(13)5-8/h3-5,7,15H,6H2,1-2H3. The van der Waals surface area contributed by atoms with Crippen LogP contribution in [-0.4, -0.2) is 16.2 Å². The van der Waals surface area contributed by atoms with E-state index in [1.165, 1.54) is 0 Å². The van der Waals surface area contributed by atoms with Crippen LogP contribution < -0.4 is 5.32 Å². The van der Waals surface area contributed by atoms with E-state index in [0.717, 1.165) is 10.0 Å². The molecule has 1 N–H and O–H groups in total. The summed E-state index contributed by atoms with van der Waals surface area (Å²) in [6, 6.07) is 5.88. The van der Waals surface area contributed by atoms with E-state index in [1.807, 2.05) is 12.1 Å². The van der Waals surface area contributed by atoms with Crippen LogP contribution in [0.4, 0.5) is 0 Å². The molecule has 0 amide bonds. The van der Waals surface area contributed by atoms with Gasteiger partial charge in [-0.05, 0) is 34.1 Å². The maximum absolute atomic E-state index is 5.93. The van der Waals surface area contributed by atoms with Gasteiger partial charge in [0.15, 0.2) is 5.82 Å². The summed E-state index contributed by atoms with van der Waals surface area (Å²) >= 11 is 9.30. The lowest BCUT2D eigenvalue weighted by Crippen LogP contribution is -2.22. The molecule has 0 bridgehead atoms. The highest BCUT2D eigenvalue weighted by atomic mass is 79.9. The predicted octanol–water partition coefficient (Wildman–Crippen LogP) is 3.65. The van der Waals surface area contributed by atoms with Crippen LogP contribution in [0.3, 0.4) is 0 Å². The molecule has 0 saturated heterocycles. The van der Waals surface area contributed by atoms with Gasteiger partial charge in [0.1, 0.15) is 0 Å². The van der Waals surface area contributed by atoms with Gasteiger partial charge in [0.25, 0.3) is 5.89 Å². The predicted molar refractivity (Wildman–Crippen MR) is 74.4 cm³/mol. The van der Waals surface area contributed by atoms with Crippen molar-refractivity contribution in [2.24, 2.45) is 0 Å². The second-order valence-electron chi connectivity index (χ2n) is 4.18. The largest absolute Gasteiger partial charge is 0.334 e. The first-order valence-electron chi connectivity index (χ1n) is 5.57. The van der Waals surface area contributed by atoms with E-state index < -0.39 is 0 Å². The Kier molecular flexibility index (Phi) is 4.37. The van der Waals surface area contributed by atoms with Gasteiger partial charge in [-0.25, -0.2) is 0 Å². The van der Waals surface area contributed by atoms with Crippen molar-refractivity contribution in [2.45, 2.75) is 26.4 Å². The van der Waals surface area contributed by atoms with Crippen molar-refractivity contribution >= 4 is 27.5 Å². The number of aromatic nitrogens is 2. The molecule has 0 aliphatic rings. The minimum absolute atomic E-state index is 0.386. The second-order valence-corrected chi connectivity index (χ2v) is 5.44. The molecule has 0 fully saturated rings. The van der Waals surface area contributed by atoms with Crippen LogP contribution in [0.5, 0.6) is 0 Å². The Hall–Kier alpha value is -0.910. The zero-order valence-corrected chi connectivity index (χ0v) is 12.4. The fourth-order valence-corrected chi connectivity index (χ4v) is 1.86. The molecule has 2 rings (SSSR count). The highest BCUT2D eigenvalue weighted by Crippen LogP contribution is 2.27. The quantitative estimate of drug-likeness (QED) is 0.929. The maximum Gasteiger partial charge on any atom is 0.258 e. The van der Waals surface area contributed by atoms with E-state index in [2.05, 4.69) is 45.2 Å². The molecule has 6 heteroatoms. The highest BCUT2D eigenvalue weighted by Gasteiger charge is 2.10. The summed E-state index contributed by atoms with van der Waals surface area (Å²) in [4.78, 5) is 4.32. The van der Waals surface area contributed by atoms with Gasteiger partial charge >= 0.3 is 0 Å². The molecule has 0 unspecified atom stereocenters. The molecule has 4 nitrogen and oxygen atoms in total. The van der Waals surface area contributed by atoms with E-state index >= 15 is 0 Å². The molecule has 1 heterocycles. The second kappa shape index (κ2) is 5.82. The van der Waals surface area contributed by atoms with Gasteiger partial charge in [-0.3, -0.25) is 0 Å². The Morgan fingerprint density at radius 2 is 2.22 bits per heavy atom. The van der Waals surface area contributed by atoms with Gasteiger partial charge in [-0.2, -0.15) is 4.98 Å². The highest BCUT2D eigenvalue weighted by molar-refractivity contribution is 9.10. The molecule has 96 valence electrons. The molecule has 18 heavy (non-hydrogen) atoms. The first kappa shape index (κ1) is 13.5. The summed E-state index contributed by atoms with van der Waals surface area (Å²) in [5, 5.41) is 7.80. The summed E-state index contributed by atoms with van der Waals surface area (Å²) < 4.78 is 6.02. The van der Waals surface area contributed by atoms with E-state index in [9.17, 15) is 0 Å². The van der Waals surface area contributed by atoms with Crippen LogP contribution in [0.2, 0.25) is 5.02 Å². The summed E-state index contributed by atoms with van der Waals surface area (Å²) in [5.74, 6) is 1.14. The first-order valence-corrected chi connectivity index (χ1v) is 6.74. The van der Waals surface area contributed by atoms with Crippen molar-refractivity contribution in [2.75, 3.05) is 0 Å². The van der Waals surface area contributed by atoms with Gasteiger partial charge in [0.05, 0.1) is 11.6 Å². The first-order chi connectivity index (χ1) is 8.56. The van der Waals surface area contributed by atoms with E-state index in [4.69, 9.17) is 16.1 Å². The molecule has 0 atom stereocenters. The summed E-state index contributed by atoms with van der Waals surface area (Å²) in [7, 11) is 0. The Balaban J connectivity index is 2.16. The van der Waals surface area contributed by atoms with Crippen molar-refractivity contribution in [1.82, 2.24) is 15.5 Å². The average molecular weight is 331 g/mol. The topological polar surface area (TPSA) is 51.0 Å². The van der Waals surface area contributed by atoms with Crippen molar-refractivity contribution in [3.8, 4) is 11.5 Å². The molecule has 0 spiro atoms. The monoisotopic (exact) mass is 329 g/mol. The third-order valence-electron chi connectivity index (χ3n) is 2.30. The van der Waals surface area contributed by atoms with Crippen LogP contribution in [0, 0.1) is 0 Å². The smallest absolute Gasteiger partial charge is 0.258 e. The van der Waals surface area contributed by atoms with Gasteiger partial charge in [0, 0.05) is 16.1 Å². The van der Waals surface area contributed by atoms with Crippen molar-refractivity contribution < 1.29 is 4.52 Å². The molecule has 1 aromatic carbocycles. The molecular weight excluding hydrogens is 318 g/mol. The lowest BCUT2D eigenvalue weighted by atomic mass is 10.2. The number of rotatable bonds is 4. The van der Waals surface area contributed by atoms with Crippen LogP contribution in [0.25, 0.3) is 11.5 Å². The summed E-state index contributed by atoms with van der Waals surface area (Å²) in [5.41, 5.74) is 0.842. The number of nitrogens with zero attached hydrogens (tertiary/aromatic N) is 2. The van der Waals surface area contributed by atoms with E-state index in [0.29, 0.717) is 29.3 Å². The van der Waals surface area contributed by atoms with Crippen molar-refractivity contribution in [3.05, 3.63) is 33.5 Å². The van der Waals surface area contributed by atoms with Crippen molar-refractivity contribution in [1.29, 1.82) is 0 Å². The Bertz CT molecular complexity index is 542. The van der Waals surface area contributed by atoms with Crippen LogP contribution in [-0.2, 0) is 6.54 Å². The average Bonchev–Trinajstić information content (AvgIpc) is 2.79. The zero-order chi connectivity index (χ0) is 13.1. The van der Waals surface area contributed by atoms with Gasteiger partial charge in [-0.15, -0.1) is 0 Å². The fraction of sp³-hybridized carbons (Fsp3) is 0.333. The number of hydrogen-bond acceptors (Lipinski definition) is 4. The zero-order valence-electron chi connectivity index (χ0n) is 10.1. The van der Waals surface area contributed by atoms with E-state index in [-0.39, 0.29) is 0 Å². The van der Waals surface area contributed by atoms with Gasteiger partial charge in [0.2, 0.25) is 0 Å². The number of hydrogen-bond donors (Lipinski definition) is 1. The minimum Gasteiger partial charge on any atom is -0.334 e. The molecule has 0 aliphatic carbocycles. The summed E-state index contributed by atoms with van der Waals surface area (Å²) in [6.07, 6.45) is 0. The third-order valence-corrected chi connectivity index (χ3v) is 3.52. The maximum atomic E-state index is 5.93. The Labute approximate surface area is 119 Å². The Morgan fingerprint density at radius 1 is 1.44 bits per heavy atom. The van der Waals surface area contributed by atoms with Crippen LogP contribution >= 0.6 is 27.5 Å². The van der Waals surface area contributed by atoms with Crippen molar-refractivity contribution in [3.63, 3.8) is 0 Å². The Morgan fingerprint density at radius 3 is 2.89 bits per heavy atom. The van der Waals surface area contributed by atoms with Crippen LogP contribution in [0.1, 0.15) is 19.7 Å². The lowest BCUT2D eigenvalue weighted by molar-refractivity contribution is 0.417. The third kappa shape index (κ3) is 3.31. The molecule has 0 radical (unpaired) electrons. The molecule has 0 saturated carbocycles. The normalized spacial score (nSPS) is 11.2. The summed E-state index contributed by atoms with van der Waals surface area (Å²) in [6.45, 7) is 4.73. The van der Waals surface area contributed by atoms with Gasteiger partial charge in [-0.1, -0.05) is 30.6 Å². The minimum atomic E-state index is 0.386. The van der Waals surface area contributed by atoms with Crippen LogP contribution in [0.15, 0.2) is 27.2 Å². The van der Waals surface area contributed by atoms with E-state index in [1.54, 1.807) is 6.07 Å². The molecule has 1 aromatic heterocycles. The lowest BCUT2D eigenvalue weighted by Gasteiger charge is -2.03.